The van der Waals surface area contributed by atoms with Crippen LogP contribution in [0.3, 0.4) is 0 Å². The van der Waals surface area contributed by atoms with E-state index in [4.69, 9.17) is 35.5 Å². The van der Waals surface area contributed by atoms with Gasteiger partial charge in [-0.25, -0.2) is 4.99 Å². The van der Waals surface area contributed by atoms with Gasteiger partial charge in [-0.15, -0.1) is 0 Å². The highest BCUT2D eigenvalue weighted by molar-refractivity contribution is 8.19. The molecule has 7 nitrogen and oxygen atoms in total. The Bertz CT molecular complexity index is 1920. The Morgan fingerprint density at radius 2 is 1.38 bits per heavy atom. The second-order valence-electron chi connectivity index (χ2n) is 10.4. The maximum Gasteiger partial charge on any atom is 0.271 e. The highest BCUT2D eigenvalue weighted by atomic mass is 35.5. The number of rotatable bonds is 11. The number of ether oxygens (including phenoxy) is 4. The molecule has 6 rings (SSSR count). The van der Waals surface area contributed by atoms with Gasteiger partial charge in [-0.3, -0.25) is 9.69 Å². The quantitative estimate of drug-likeness (QED) is 0.131. The van der Waals surface area contributed by atoms with Crippen LogP contribution in [-0.4, -0.2) is 25.3 Å². The molecule has 1 heterocycles. The molecular formula is C38H31ClN2O5S. The molecule has 0 aliphatic carbocycles. The lowest BCUT2D eigenvalue weighted by Gasteiger charge is -2.16. The zero-order chi connectivity index (χ0) is 32.6. The SMILES string of the molecule is COc1cc(COc2c(Cl)cc(/C=C3/SC(=Nc4ccccc4)N(c4ccccc4)C3=O)cc2OC)ccc1OCc1ccccc1. The van der Waals surface area contributed by atoms with Crippen molar-refractivity contribution in [1.82, 2.24) is 0 Å². The lowest BCUT2D eigenvalue weighted by atomic mass is 10.1. The molecule has 5 aromatic rings. The van der Waals surface area contributed by atoms with Crippen LogP contribution in [0.1, 0.15) is 16.7 Å². The number of anilines is 1. The number of aliphatic imine (C=N–C) groups is 1. The molecule has 5 aromatic carbocycles. The first-order chi connectivity index (χ1) is 23.0. The zero-order valence-corrected chi connectivity index (χ0v) is 27.3. The summed E-state index contributed by atoms with van der Waals surface area (Å²) in [5.41, 5.74) is 4.09. The molecule has 0 saturated carbocycles. The summed E-state index contributed by atoms with van der Waals surface area (Å²) >= 11 is 8.04. The van der Waals surface area contributed by atoms with E-state index in [1.165, 1.54) is 11.8 Å². The average Bonchev–Trinajstić information content (AvgIpc) is 3.41. The van der Waals surface area contributed by atoms with Gasteiger partial charge in [-0.2, -0.15) is 0 Å². The first-order valence-corrected chi connectivity index (χ1v) is 16.0. The van der Waals surface area contributed by atoms with Crippen molar-refractivity contribution in [3.05, 3.63) is 148 Å². The smallest absolute Gasteiger partial charge is 0.271 e. The predicted molar refractivity (Wildman–Crippen MR) is 189 cm³/mol. The highest BCUT2D eigenvalue weighted by Gasteiger charge is 2.34. The van der Waals surface area contributed by atoms with Crippen molar-refractivity contribution < 1.29 is 23.7 Å². The van der Waals surface area contributed by atoms with Gasteiger partial charge in [0.25, 0.3) is 5.91 Å². The summed E-state index contributed by atoms with van der Waals surface area (Å²) in [6.07, 6.45) is 1.79. The minimum absolute atomic E-state index is 0.184. The van der Waals surface area contributed by atoms with Crippen LogP contribution in [0.4, 0.5) is 11.4 Å². The van der Waals surface area contributed by atoms with E-state index < -0.39 is 0 Å². The standard InChI is InChI=1S/C38H31ClN2O5S/c1-43-33-21-27(18-19-32(33)45-24-26-12-6-3-7-13-26)25-46-36-31(39)20-28(22-34(36)44-2)23-35-37(42)41(30-16-10-5-11-17-30)38(47-35)40-29-14-8-4-9-15-29/h3-23H,24-25H2,1-2H3/b35-23+,40-38?. The monoisotopic (exact) mass is 662 g/mol. The van der Waals surface area contributed by atoms with Crippen LogP contribution in [0, 0.1) is 0 Å². The van der Waals surface area contributed by atoms with Gasteiger partial charge in [0.05, 0.1) is 35.5 Å². The third-order valence-corrected chi connectivity index (χ3v) is 8.45. The van der Waals surface area contributed by atoms with Gasteiger partial charge in [0, 0.05) is 0 Å². The molecule has 0 N–H and O–H groups in total. The Morgan fingerprint density at radius 1 is 0.723 bits per heavy atom. The fourth-order valence-electron chi connectivity index (χ4n) is 4.89. The summed E-state index contributed by atoms with van der Waals surface area (Å²) in [5.74, 6) is 1.88. The van der Waals surface area contributed by atoms with Crippen LogP contribution in [0.15, 0.2) is 131 Å². The number of amidine groups is 1. The molecule has 1 saturated heterocycles. The van der Waals surface area contributed by atoms with Crippen LogP contribution < -0.4 is 23.8 Å². The Labute approximate surface area is 283 Å². The molecule has 0 unspecified atom stereocenters. The maximum absolute atomic E-state index is 13.7. The highest BCUT2D eigenvalue weighted by Crippen LogP contribution is 2.41. The molecule has 0 aromatic heterocycles. The Morgan fingerprint density at radius 3 is 2.09 bits per heavy atom. The topological polar surface area (TPSA) is 69.6 Å². The van der Waals surface area contributed by atoms with Crippen LogP contribution in [0.2, 0.25) is 5.02 Å². The molecule has 0 spiro atoms. The van der Waals surface area contributed by atoms with Crippen molar-refractivity contribution in [2.75, 3.05) is 19.1 Å². The summed E-state index contributed by atoms with van der Waals surface area (Å²) in [6, 6.07) is 38.1. The molecule has 0 radical (unpaired) electrons. The van der Waals surface area contributed by atoms with Gasteiger partial charge in [0.2, 0.25) is 0 Å². The number of thioether (sulfide) groups is 1. The number of methoxy groups -OCH3 is 2. The summed E-state index contributed by atoms with van der Waals surface area (Å²) < 4.78 is 23.4. The Hall–Kier alpha value is -5.18. The first kappa shape index (κ1) is 31.8. The third-order valence-electron chi connectivity index (χ3n) is 7.20. The number of amides is 1. The average molecular weight is 663 g/mol. The minimum Gasteiger partial charge on any atom is -0.493 e. The van der Waals surface area contributed by atoms with Crippen LogP contribution in [-0.2, 0) is 18.0 Å². The van der Waals surface area contributed by atoms with Gasteiger partial charge >= 0.3 is 0 Å². The van der Waals surface area contributed by atoms with Crippen molar-refractivity contribution in [2.24, 2.45) is 4.99 Å². The number of carbonyl (C=O) groups is 1. The number of hydrogen-bond acceptors (Lipinski definition) is 7. The van der Waals surface area contributed by atoms with E-state index in [1.807, 2.05) is 109 Å². The normalized spacial score (nSPS) is 14.4. The second-order valence-corrected chi connectivity index (χ2v) is 11.8. The van der Waals surface area contributed by atoms with Crippen LogP contribution >= 0.6 is 23.4 Å². The molecule has 0 atom stereocenters. The van der Waals surface area contributed by atoms with Gasteiger partial charge in [-0.05, 0) is 83.1 Å². The molecule has 0 bridgehead atoms. The molecular weight excluding hydrogens is 632 g/mol. The lowest BCUT2D eigenvalue weighted by Crippen LogP contribution is -2.28. The van der Waals surface area contributed by atoms with E-state index in [1.54, 1.807) is 37.3 Å². The molecule has 1 fully saturated rings. The number of carbonyl (C=O) groups excluding carboxylic acids is 1. The van der Waals surface area contributed by atoms with Gasteiger partial charge in [0.1, 0.15) is 13.2 Å². The third kappa shape index (κ3) is 7.62. The number of halogens is 1. The summed E-state index contributed by atoms with van der Waals surface area (Å²) in [4.78, 5) is 20.6. The molecule has 1 amide bonds. The number of nitrogens with zero attached hydrogens (tertiary/aromatic N) is 2. The van der Waals surface area contributed by atoms with E-state index in [9.17, 15) is 4.79 Å². The van der Waals surface area contributed by atoms with E-state index in [0.29, 0.717) is 50.3 Å². The van der Waals surface area contributed by atoms with Crippen molar-refractivity contribution in [2.45, 2.75) is 13.2 Å². The van der Waals surface area contributed by atoms with E-state index in [-0.39, 0.29) is 12.5 Å². The van der Waals surface area contributed by atoms with Gasteiger partial charge in [0.15, 0.2) is 28.2 Å². The molecule has 236 valence electrons. The van der Waals surface area contributed by atoms with Crippen molar-refractivity contribution in [3.8, 4) is 23.0 Å². The number of benzene rings is 5. The molecule has 1 aliphatic heterocycles. The fourth-order valence-corrected chi connectivity index (χ4v) is 6.17. The zero-order valence-electron chi connectivity index (χ0n) is 25.8. The summed E-state index contributed by atoms with van der Waals surface area (Å²) in [6.45, 7) is 0.642. The second kappa shape index (κ2) is 14.9. The maximum atomic E-state index is 13.7. The fraction of sp³-hybridized carbons (Fsp3) is 0.105. The lowest BCUT2D eigenvalue weighted by molar-refractivity contribution is -0.113. The van der Waals surface area contributed by atoms with Crippen molar-refractivity contribution in [3.63, 3.8) is 0 Å². The van der Waals surface area contributed by atoms with Crippen molar-refractivity contribution >= 4 is 51.9 Å². The van der Waals surface area contributed by atoms with Crippen LogP contribution in [0.5, 0.6) is 23.0 Å². The number of hydrogen-bond donors (Lipinski definition) is 0. The molecule has 1 aliphatic rings. The molecule has 47 heavy (non-hydrogen) atoms. The Kier molecular flexibility index (Phi) is 10.1. The Balaban J connectivity index is 1.21. The summed E-state index contributed by atoms with van der Waals surface area (Å²) in [5, 5.41) is 0.906. The van der Waals surface area contributed by atoms with Crippen LogP contribution in [0.25, 0.3) is 6.08 Å². The number of para-hydroxylation sites is 2. The molecule has 9 heteroatoms. The summed E-state index contributed by atoms with van der Waals surface area (Å²) in [7, 11) is 3.15. The predicted octanol–water partition coefficient (Wildman–Crippen LogP) is 9.32. The first-order valence-electron chi connectivity index (χ1n) is 14.8. The van der Waals surface area contributed by atoms with Gasteiger partial charge in [-0.1, -0.05) is 84.4 Å². The van der Waals surface area contributed by atoms with Gasteiger partial charge < -0.3 is 18.9 Å². The largest absolute Gasteiger partial charge is 0.493 e. The van der Waals surface area contributed by atoms with E-state index >= 15 is 0 Å². The minimum atomic E-state index is -0.184. The van der Waals surface area contributed by atoms with E-state index in [2.05, 4.69) is 0 Å². The van der Waals surface area contributed by atoms with Crippen molar-refractivity contribution in [1.29, 1.82) is 0 Å². The van der Waals surface area contributed by atoms with E-state index in [0.717, 1.165) is 22.5 Å².